The topological polar surface area (TPSA) is 74.8 Å². The molecule has 6 nitrogen and oxygen atoms in total. The van der Waals surface area contributed by atoms with Crippen molar-refractivity contribution >= 4 is 17.2 Å². The third-order valence-electron chi connectivity index (χ3n) is 2.44. The van der Waals surface area contributed by atoms with E-state index in [1.54, 1.807) is 17.5 Å². The molecule has 0 aromatic carbocycles. The van der Waals surface area contributed by atoms with Crippen molar-refractivity contribution in [1.82, 2.24) is 25.1 Å². The highest BCUT2D eigenvalue weighted by Crippen LogP contribution is 2.06. The van der Waals surface area contributed by atoms with Gasteiger partial charge in [0.25, 0.3) is 5.91 Å². The molecule has 0 radical (unpaired) electrons. The van der Waals surface area contributed by atoms with Gasteiger partial charge in [-0.2, -0.15) is 0 Å². The molecule has 0 atom stereocenters. The lowest BCUT2D eigenvalue weighted by molar-refractivity contribution is 0.0772. The van der Waals surface area contributed by atoms with E-state index in [0.717, 1.165) is 24.4 Å². The van der Waals surface area contributed by atoms with E-state index < -0.39 is 0 Å². The summed E-state index contributed by atoms with van der Waals surface area (Å²) in [7, 11) is 1.72. The number of nitrogens with zero attached hydrogens (tertiary/aromatic N) is 4. The Labute approximate surface area is 109 Å². The van der Waals surface area contributed by atoms with Crippen molar-refractivity contribution in [3.05, 3.63) is 28.2 Å². The fourth-order valence-electron chi connectivity index (χ4n) is 1.54. The number of carbonyl (C=O) groups excluding carboxylic acids is 1. The zero-order chi connectivity index (χ0) is 13.0. The van der Waals surface area contributed by atoms with Crippen molar-refractivity contribution in [2.45, 2.75) is 26.3 Å². The third-order valence-corrected chi connectivity index (χ3v) is 3.07. The van der Waals surface area contributed by atoms with Crippen LogP contribution in [0.15, 0.2) is 10.9 Å². The van der Waals surface area contributed by atoms with E-state index in [2.05, 4.69) is 27.1 Å². The molecule has 0 bridgehead atoms. The van der Waals surface area contributed by atoms with Gasteiger partial charge in [-0.05, 0) is 6.42 Å². The zero-order valence-corrected chi connectivity index (χ0v) is 11.2. The number of carbonyl (C=O) groups is 1. The maximum Gasteiger partial charge on any atom is 0.293 e. The van der Waals surface area contributed by atoms with Crippen LogP contribution in [0.4, 0.5) is 0 Å². The Morgan fingerprint density at radius 2 is 2.39 bits per heavy atom. The molecule has 0 aliphatic carbocycles. The number of thiazole rings is 1. The van der Waals surface area contributed by atoms with Gasteiger partial charge in [0.05, 0.1) is 17.7 Å². The van der Waals surface area contributed by atoms with E-state index in [1.165, 1.54) is 11.3 Å². The normalized spacial score (nSPS) is 10.6. The Hall–Kier alpha value is -1.76. The van der Waals surface area contributed by atoms with E-state index in [1.807, 2.05) is 5.38 Å². The molecule has 7 heteroatoms. The minimum atomic E-state index is -0.193. The Kier molecular flexibility index (Phi) is 4.03. The summed E-state index contributed by atoms with van der Waals surface area (Å²) in [5.41, 5.74) is 2.62. The Morgan fingerprint density at radius 1 is 1.56 bits per heavy atom. The molecule has 0 spiro atoms. The van der Waals surface area contributed by atoms with Crippen molar-refractivity contribution < 1.29 is 4.79 Å². The van der Waals surface area contributed by atoms with Crippen LogP contribution in [0, 0.1) is 0 Å². The highest BCUT2D eigenvalue weighted by atomic mass is 32.1. The number of hydrogen-bond donors (Lipinski definition) is 1. The fourth-order valence-corrected chi connectivity index (χ4v) is 2.09. The first-order valence-corrected chi connectivity index (χ1v) is 6.68. The Bertz CT molecular complexity index is 507. The van der Waals surface area contributed by atoms with E-state index in [-0.39, 0.29) is 11.7 Å². The SMILES string of the molecule is CCCc1nc(C(=O)N(C)Cc2cscn2)n[nH]1. The molecule has 0 unspecified atom stereocenters. The smallest absolute Gasteiger partial charge is 0.293 e. The average Bonchev–Trinajstić information content (AvgIpc) is 3.00. The number of nitrogens with one attached hydrogen (secondary N) is 1. The van der Waals surface area contributed by atoms with Crippen LogP contribution in [-0.2, 0) is 13.0 Å². The first kappa shape index (κ1) is 12.7. The molecule has 2 aromatic heterocycles. The predicted molar refractivity (Wildman–Crippen MR) is 68.3 cm³/mol. The number of rotatable bonds is 5. The fraction of sp³-hybridized carbons (Fsp3) is 0.455. The van der Waals surface area contributed by atoms with Crippen LogP contribution in [0.3, 0.4) is 0 Å². The number of H-pyrrole nitrogens is 1. The monoisotopic (exact) mass is 265 g/mol. The largest absolute Gasteiger partial charge is 0.333 e. The van der Waals surface area contributed by atoms with Gasteiger partial charge >= 0.3 is 0 Å². The second-order valence-electron chi connectivity index (χ2n) is 4.00. The first-order valence-electron chi connectivity index (χ1n) is 5.74. The maximum absolute atomic E-state index is 12.0. The standard InChI is InChI=1S/C11H15N5OS/c1-3-4-9-13-10(15-14-9)11(17)16(2)5-8-6-18-7-12-8/h6-7H,3-5H2,1-2H3,(H,13,14,15). The number of amides is 1. The molecule has 2 aromatic rings. The molecule has 96 valence electrons. The molecule has 0 aliphatic rings. The second kappa shape index (κ2) is 5.72. The summed E-state index contributed by atoms with van der Waals surface area (Å²) in [6.07, 6.45) is 1.77. The molecular formula is C11H15N5OS. The van der Waals surface area contributed by atoms with Gasteiger partial charge in [-0.3, -0.25) is 9.89 Å². The minimum absolute atomic E-state index is 0.193. The van der Waals surface area contributed by atoms with Crippen molar-refractivity contribution in [2.24, 2.45) is 0 Å². The minimum Gasteiger partial charge on any atom is -0.333 e. The molecular weight excluding hydrogens is 250 g/mol. The van der Waals surface area contributed by atoms with Gasteiger partial charge in [0.2, 0.25) is 5.82 Å². The van der Waals surface area contributed by atoms with Crippen molar-refractivity contribution in [1.29, 1.82) is 0 Å². The molecule has 2 heterocycles. The van der Waals surface area contributed by atoms with Gasteiger partial charge in [-0.15, -0.1) is 16.4 Å². The van der Waals surface area contributed by atoms with Gasteiger partial charge in [0.1, 0.15) is 5.82 Å². The van der Waals surface area contributed by atoms with Gasteiger partial charge in [-0.25, -0.2) is 9.97 Å². The van der Waals surface area contributed by atoms with E-state index in [0.29, 0.717) is 6.54 Å². The van der Waals surface area contributed by atoms with Gasteiger partial charge in [0.15, 0.2) is 0 Å². The van der Waals surface area contributed by atoms with Crippen molar-refractivity contribution in [3.8, 4) is 0 Å². The summed E-state index contributed by atoms with van der Waals surface area (Å²) in [6.45, 7) is 2.53. The lowest BCUT2D eigenvalue weighted by Crippen LogP contribution is -2.27. The summed E-state index contributed by atoms with van der Waals surface area (Å²) in [6, 6.07) is 0. The summed E-state index contributed by atoms with van der Waals surface area (Å²) in [5.74, 6) is 0.778. The lowest BCUT2D eigenvalue weighted by atomic mass is 10.3. The highest BCUT2D eigenvalue weighted by molar-refractivity contribution is 7.07. The Balaban J connectivity index is 2.01. The number of aromatic amines is 1. The maximum atomic E-state index is 12.0. The lowest BCUT2D eigenvalue weighted by Gasteiger charge is -2.13. The number of hydrogen-bond acceptors (Lipinski definition) is 5. The van der Waals surface area contributed by atoms with Crippen LogP contribution < -0.4 is 0 Å². The Morgan fingerprint density at radius 3 is 3.06 bits per heavy atom. The van der Waals surface area contributed by atoms with Crippen LogP contribution in [0.2, 0.25) is 0 Å². The van der Waals surface area contributed by atoms with Gasteiger partial charge in [0, 0.05) is 18.8 Å². The van der Waals surface area contributed by atoms with Gasteiger partial charge in [-0.1, -0.05) is 6.92 Å². The number of aromatic nitrogens is 4. The van der Waals surface area contributed by atoms with Crippen molar-refractivity contribution in [2.75, 3.05) is 7.05 Å². The molecule has 1 N–H and O–H groups in total. The summed E-state index contributed by atoms with van der Waals surface area (Å²) in [4.78, 5) is 21.9. The molecule has 2 rings (SSSR count). The highest BCUT2D eigenvalue weighted by Gasteiger charge is 2.17. The first-order chi connectivity index (χ1) is 8.70. The average molecular weight is 265 g/mol. The van der Waals surface area contributed by atoms with E-state index >= 15 is 0 Å². The summed E-state index contributed by atoms with van der Waals surface area (Å²) < 4.78 is 0. The molecule has 1 amide bonds. The zero-order valence-electron chi connectivity index (χ0n) is 10.4. The molecule has 0 saturated carbocycles. The van der Waals surface area contributed by atoms with Gasteiger partial charge < -0.3 is 4.90 Å². The van der Waals surface area contributed by atoms with E-state index in [4.69, 9.17) is 0 Å². The second-order valence-corrected chi connectivity index (χ2v) is 4.72. The molecule has 0 saturated heterocycles. The quantitative estimate of drug-likeness (QED) is 0.888. The third kappa shape index (κ3) is 2.92. The molecule has 0 fully saturated rings. The molecule has 0 aliphatic heterocycles. The predicted octanol–water partition coefficient (Wildman–Crippen LogP) is 1.49. The molecule has 18 heavy (non-hydrogen) atoms. The number of aryl methyl sites for hydroxylation is 1. The summed E-state index contributed by atoms with van der Waals surface area (Å²) >= 11 is 1.51. The van der Waals surface area contributed by atoms with E-state index in [9.17, 15) is 4.79 Å². The van der Waals surface area contributed by atoms with Crippen molar-refractivity contribution in [3.63, 3.8) is 0 Å². The van der Waals surface area contributed by atoms with Crippen LogP contribution in [0.25, 0.3) is 0 Å². The van der Waals surface area contributed by atoms with Crippen LogP contribution in [0.5, 0.6) is 0 Å². The van der Waals surface area contributed by atoms with Crippen LogP contribution in [0.1, 0.15) is 35.5 Å². The summed E-state index contributed by atoms with van der Waals surface area (Å²) in [5, 5.41) is 8.64. The van der Waals surface area contributed by atoms with Crippen LogP contribution >= 0.6 is 11.3 Å². The van der Waals surface area contributed by atoms with Crippen LogP contribution in [-0.4, -0.2) is 38.0 Å².